The van der Waals surface area contributed by atoms with E-state index in [4.69, 9.17) is 32.7 Å². The maximum atomic E-state index is 5.77. The first-order valence-electron chi connectivity index (χ1n) is 4.19. The van der Waals surface area contributed by atoms with Crippen molar-refractivity contribution in [2.45, 2.75) is 37.8 Å². The summed E-state index contributed by atoms with van der Waals surface area (Å²) in [6.45, 7) is 6.80. The zero-order valence-corrected chi connectivity index (χ0v) is 9.28. The highest BCUT2D eigenvalue weighted by atomic mass is 35.5. The summed E-state index contributed by atoms with van der Waals surface area (Å²) < 4.78 is 10.8. The molecule has 0 fully saturated rings. The van der Waals surface area contributed by atoms with E-state index in [2.05, 4.69) is 0 Å². The smallest absolute Gasteiger partial charge is 0.198 e. The van der Waals surface area contributed by atoms with Gasteiger partial charge in [0.15, 0.2) is 10.6 Å². The molecule has 0 aliphatic carbocycles. The molecule has 0 aliphatic rings. The van der Waals surface area contributed by atoms with Gasteiger partial charge in [0.2, 0.25) is 0 Å². The fraction of sp³-hybridized carbons (Fsp3) is 1.00. The van der Waals surface area contributed by atoms with Gasteiger partial charge in [0, 0.05) is 19.6 Å². The first kappa shape index (κ1) is 12.5. The van der Waals surface area contributed by atoms with Gasteiger partial charge in [0.1, 0.15) is 0 Å². The van der Waals surface area contributed by atoms with Gasteiger partial charge in [-0.3, -0.25) is 0 Å². The summed E-state index contributed by atoms with van der Waals surface area (Å²) in [6.07, 6.45) is 0.645. The van der Waals surface area contributed by atoms with Crippen molar-refractivity contribution in [3.8, 4) is 0 Å². The van der Waals surface area contributed by atoms with E-state index in [9.17, 15) is 0 Å². The van der Waals surface area contributed by atoms with E-state index < -0.39 is 10.6 Å². The van der Waals surface area contributed by atoms with Crippen LogP contribution in [0.4, 0.5) is 0 Å². The van der Waals surface area contributed by atoms with Gasteiger partial charge in [0.25, 0.3) is 0 Å². The molecule has 74 valence electrons. The number of halogens is 2. The molecule has 0 heterocycles. The lowest BCUT2D eigenvalue weighted by atomic mass is 10.2. The van der Waals surface area contributed by atoms with Crippen molar-refractivity contribution in [3.05, 3.63) is 0 Å². The van der Waals surface area contributed by atoms with Crippen LogP contribution in [0.1, 0.15) is 27.2 Å². The molecular weight excluding hydrogens is 199 g/mol. The Kier molecular flexibility index (Phi) is 6.28. The van der Waals surface area contributed by atoms with Gasteiger partial charge in [-0.15, -0.1) is 0 Å². The van der Waals surface area contributed by atoms with E-state index >= 15 is 0 Å². The van der Waals surface area contributed by atoms with E-state index in [1.54, 1.807) is 0 Å². The molecule has 0 saturated carbocycles. The first-order chi connectivity index (χ1) is 5.63. The molecule has 0 aliphatic heterocycles. The van der Waals surface area contributed by atoms with Crippen LogP contribution < -0.4 is 0 Å². The lowest BCUT2D eigenvalue weighted by Gasteiger charge is -2.33. The summed E-state index contributed by atoms with van der Waals surface area (Å²) in [6, 6.07) is 0. The van der Waals surface area contributed by atoms with Crippen molar-refractivity contribution in [2.75, 3.05) is 13.2 Å². The molecule has 0 atom stereocenters. The average molecular weight is 215 g/mol. The molecule has 0 bridgehead atoms. The van der Waals surface area contributed by atoms with Gasteiger partial charge in [-0.1, -0.05) is 30.1 Å². The second-order valence-electron chi connectivity index (χ2n) is 2.33. The van der Waals surface area contributed by atoms with Crippen molar-refractivity contribution < 1.29 is 9.47 Å². The van der Waals surface area contributed by atoms with Crippen LogP contribution in [-0.4, -0.2) is 23.8 Å². The second-order valence-corrected chi connectivity index (χ2v) is 3.43. The topological polar surface area (TPSA) is 18.5 Å². The molecule has 0 rings (SSSR count). The standard InChI is InChI=1S/C8H16Cl2O2/c1-4-8(7(9)10,11-5-2)12-6-3/h7H,4-6H2,1-3H3. The van der Waals surface area contributed by atoms with Crippen LogP contribution in [0.15, 0.2) is 0 Å². The number of rotatable bonds is 6. The SMILES string of the molecule is CCOC(CC)(OCC)C(Cl)Cl. The van der Waals surface area contributed by atoms with Gasteiger partial charge in [-0.2, -0.15) is 0 Å². The number of ether oxygens (including phenoxy) is 2. The Morgan fingerprint density at radius 1 is 1.08 bits per heavy atom. The Bertz CT molecular complexity index is 112. The van der Waals surface area contributed by atoms with Gasteiger partial charge < -0.3 is 9.47 Å². The van der Waals surface area contributed by atoms with Crippen molar-refractivity contribution in [1.82, 2.24) is 0 Å². The minimum atomic E-state index is -0.827. The highest BCUT2D eigenvalue weighted by molar-refractivity contribution is 6.45. The van der Waals surface area contributed by atoms with Crippen LogP contribution in [0, 0.1) is 0 Å². The monoisotopic (exact) mass is 214 g/mol. The zero-order chi connectivity index (χ0) is 9.61. The Balaban J connectivity index is 4.28. The molecule has 0 unspecified atom stereocenters. The molecular formula is C8H16Cl2O2. The van der Waals surface area contributed by atoms with E-state index in [-0.39, 0.29) is 0 Å². The lowest BCUT2D eigenvalue weighted by Crippen LogP contribution is -2.41. The molecule has 0 aromatic rings. The van der Waals surface area contributed by atoms with Gasteiger partial charge in [0.05, 0.1) is 0 Å². The normalized spacial score (nSPS) is 12.5. The fourth-order valence-electron chi connectivity index (χ4n) is 1.01. The predicted octanol–water partition coefficient (Wildman–Crippen LogP) is 2.97. The molecule has 0 aromatic heterocycles. The minimum Gasteiger partial charge on any atom is -0.348 e. The lowest BCUT2D eigenvalue weighted by molar-refractivity contribution is -0.225. The maximum absolute atomic E-state index is 5.77. The van der Waals surface area contributed by atoms with Crippen LogP contribution in [0.5, 0.6) is 0 Å². The maximum Gasteiger partial charge on any atom is 0.198 e. The summed E-state index contributed by atoms with van der Waals surface area (Å²) in [4.78, 5) is -0.651. The Labute approximate surface area is 84.1 Å². The van der Waals surface area contributed by atoms with Gasteiger partial charge in [-0.05, 0) is 13.8 Å². The first-order valence-corrected chi connectivity index (χ1v) is 5.06. The van der Waals surface area contributed by atoms with E-state index in [1.807, 2.05) is 20.8 Å². The summed E-state index contributed by atoms with van der Waals surface area (Å²) in [5.41, 5.74) is 0. The third-order valence-electron chi connectivity index (χ3n) is 1.60. The summed E-state index contributed by atoms with van der Waals surface area (Å²) in [5.74, 6) is -0.827. The van der Waals surface area contributed by atoms with Gasteiger partial charge >= 0.3 is 0 Å². The quantitative estimate of drug-likeness (QED) is 0.501. The molecule has 4 heteroatoms. The number of hydrogen-bond acceptors (Lipinski definition) is 2. The Morgan fingerprint density at radius 3 is 1.67 bits per heavy atom. The van der Waals surface area contributed by atoms with Crippen molar-refractivity contribution in [2.24, 2.45) is 0 Å². The average Bonchev–Trinajstić information content (AvgIpc) is 2.03. The zero-order valence-electron chi connectivity index (χ0n) is 7.77. The third kappa shape index (κ3) is 3.09. The van der Waals surface area contributed by atoms with E-state index in [0.717, 1.165) is 0 Å². The van der Waals surface area contributed by atoms with Crippen LogP contribution in [-0.2, 0) is 9.47 Å². The molecule has 2 nitrogen and oxygen atoms in total. The summed E-state index contributed by atoms with van der Waals surface area (Å²) >= 11 is 11.5. The molecule has 0 amide bonds. The molecule has 0 aromatic carbocycles. The Hall–Kier alpha value is 0.500. The molecule has 12 heavy (non-hydrogen) atoms. The highest BCUT2D eigenvalue weighted by Gasteiger charge is 2.36. The number of alkyl halides is 2. The highest BCUT2D eigenvalue weighted by Crippen LogP contribution is 2.29. The molecule has 0 saturated heterocycles. The van der Waals surface area contributed by atoms with Crippen LogP contribution in [0.2, 0.25) is 0 Å². The molecule has 0 spiro atoms. The largest absolute Gasteiger partial charge is 0.348 e. The second kappa shape index (κ2) is 6.03. The van der Waals surface area contributed by atoms with Crippen molar-refractivity contribution in [1.29, 1.82) is 0 Å². The summed E-state index contributed by atoms with van der Waals surface area (Å²) in [5, 5.41) is 0. The van der Waals surface area contributed by atoms with Crippen molar-refractivity contribution >= 4 is 23.2 Å². The van der Waals surface area contributed by atoms with Crippen LogP contribution >= 0.6 is 23.2 Å². The molecule has 0 N–H and O–H groups in total. The van der Waals surface area contributed by atoms with Crippen LogP contribution in [0.3, 0.4) is 0 Å². The summed E-state index contributed by atoms with van der Waals surface area (Å²) in [7, 11) is 0. The minimum absolute atomic E-state index is 0.545. The number of hydrogen-bond donors (Lipinski definition) is 0. The van der Waals surface area contributed by atoms with E-state index in [0.29, 0.717) is 19.6 Å². The van der Waals surface area contributed by atoms with Crippen LogP contribution in [0.25, 0.3) is 0 Å². The fourth-order valence-corrected chi connectivity index (χ4v) is 1.58. The van der Waals surface area contributed by atoms with Gasteiger partial charge in [-0.25, -0.2) is 0 Å². The van der Waals surface area contributed by atoms with E-state index in [1.165, 1.54) is 0 Å². The van der Waals surface area contributed by atoms with Crippen molar-refractivity contribution in [3.63, 3.8) is 0 Å². The third-order valence-corrected chi connectivity index (χ3v) is 2.27. The molecule has 0 radical (unpaired) electrons. The Morgan fingerprint density at radius 2 is 1.50 bits per heavy atom. The predicted molar refractivity (Wildman–Crippen MR) is 51.8 cm³/mol.